The van der Waals surface area contributed by atoms with Crippen LogP contribution in [0.1, 0.15) is 33.3 Å². The number of ether oxygens (including phenoxy) is 1. The highest BCUT2D eigenvalue weighted by Gasteiger charge is 2.32. The Bertz CT molecular complexity index is 895. The Hall–Kier alpha value is -2.77. The number of nitrogens with zero attached hydrogens (tertiary/aromatic N) is 3. The summed E-state index contributed by atoms with van der Waals surface area (Å²) >= 11 is 0. The lowest BCUT2D eigenvalue weighted by Crippen LogP contribution is -2.41. The Morgan fingerprint density at radius 1 is 1.21 bits per heavy atom. The molecule has 1 atom stereocenters. The van der Waals surface area contributed by atoms with Crippen molar-refractivity contribution in [2.75, 3.05) is 44.3 Å². The van der Waals surface area contributed by atoms with Gasteiger partial charge in [0.25, 0.3) is 11.8 Å². The number of hydrogen-bond donors (Lipinski definition) is 1. The van der Waals surface area contributed by atoms with E-state index in [1.165, 1.54) is 6.20 Å². The van der Waals surface area contributed by atoms with Gasteiger partial charge >= 0.3 is 0 Å². The molecule has 1 aromatic heterocycles. The van der Waals surface area contributed by atoms with Crippen LogP contribution in [0.2, 0.25) is 0 Å². The zero-order valence-electron chi connectivity index (χ0n) is 16.6. The molecule has 1 fully saturated rings. The van der Waals surface area contributed by atoms with Crippen molar-refractivity contribution in [3.63, 3.8) is 0 Å². The molecule has 2 aromatic rings. The summed E-state index contributed by atoms with van der Waals surface area (Å²) in [5.74, 6) is -0.366. The molecular formula is C22H26N4O3. The second-order valence-corrected chi connectivity index (χ2v) is 7.50. The summed E-state index contributed by atoms with van der Waals surface area (Å²) in [6, 6.07) is 11.2. The Morgan fingerprint density at radius 3 is 2.83 bits per heavy atom. The maximum Gasteiger partial charge on any atom is 0.277 e. The molecule has 4 rings (SSSR count). The second-order valence-electron chi connectivity index (χ2n) is 7.50. The number of aromatic nitrogens is 1. The van der Waals surface area contributed by atoms with Gasteiger partial charge in [0.15, 0.2) is 0 Å². The van der Waals surface area contributed by atoms with Crippen molar-refractivity contribution in [2.45, 2.75) is 19.4 Å². The number of amides is 2. The Morgan fingerprint density at radius 2 is 2.00 bits per heavy atom. The quantitative estimate of drug-likeness (QED) is 0.836. The predicted molar refractivity (Wildman–Crippen MR) is 110 cm³/mol. The topological polar surface area (TPSA) is 74.8 Å². The van der Waals surface area contributed by atoms with E-state index in [0.29, 0.717) is 12.1 Å². The number of morpholine rings is 1. The van der Waals surface area contributed by atoms with Crippen molar-refractivity contribution < 1.29 is 14.3 Å². The molecule has 1 N–H and O–H groups in total. The number of anilines is 1. The van der Waals surface area contributed by atoms with E-state index in [2.05, 4.69) is 15.2 Å². The van der Waals surface area contributed by atoms with E-state index in [9.17, 15) is 9.59 Å². The number of benzene rings is 1. The van der Waals surface area contributed by atoms with Crippen LogP contribution < -0.4 is 10.2 Å². The van der Waals surface area contributed by atoms with Gasteiger partial charge in [-0.25, -0.2) is 0 Å². The SMILES string of the molecule is CC1Cc2ccccc2N1C(=O)c1cc(C(=O)NCCN2CCOCC2)ccn1. The molecule has 2 amide bonds. The summed E-state index contributed by atoms with van der Waals surface area (Å²) in [6.07, 6.45) is 2.35. The molecule has 3 heterocycles. The number of pyridine rings is 1. The Labute approximate surface area is 170 Å². The highest BCUT2D eigenvalue weighted by atomic mass is 16.5. The largest absolute Gasteiger partial charge is 0.379 e. The molecule has 0 saturated carbocycles. The van der Waals surface area contributed by atoms with Crippen LogP contribution in [-0.4, -0.2) is 67.1 Å². The van der Waals surface area contributed by atoms with Gasteiger partial charge in [-0.1, -0.05) is 18.2 Å². The number of fused-ring (bicyclic) bond motifs is 1. The van der Waals surface area contributed by atoms with Gasteiger partial charge in [-0.2, -0.15) is 0 Å². The van der Waals surface area contributed by atoms with Crippen molar-refractivity contribution >= 4 is 17.5 Å². The Balaban J connectivity index is 1.41. The van der Waals surface area contributed by atoms with Crippen LogP contribution in [0.5, 0.6) is 0 Å². The van der Waals surface area contributed by atoms with Gasteiger partial charge in [0.1, 0.15) is 5.69 Å². The van der Waals surface area contributed by atoms with Crippen LogP contribution in [-0.2, 0) is 11.2 Å². The lowest BCUT2D eigenvalue weighted by molar-refractivity contribution is 0.0383. The number of hydrogen-bond acceptors (Lipinski definition) is 5. The molecule has 29 heavy (non-hydrogen) atoms. The summed E-state index contributed by atoms with van der Waals surface area (Å²) in [7, 11) is 0. The molecular weight excluding hydrogens is 368 g/mol. The molecule has 152 valence electrons. The molecule has 1 unspecified atom stereocenters. The summed E-state index contributed by atoms with van der Waals surface area (Å²) < 4.78 is 5.33. The van der Waals surface area contributed by atoms with Crippen LogP contribution in [0.25, 0.3) is 0 Å². The molecule has 0 bridgehead atoms. The fourth-order valence-electron chi connectivity index (χ4n) is 3.94. The number of carbonyl (C=O) groups excluding carboxylic acids is 2. The predicted octanol–water partition coefficient (Wildman–Crippen LogP) is 1.73. The van der Waals surface area contributed by atoms with Crippen molar-refractivity contribution in [1.29, 1.82) is 0 Å². The summed E-state index contributed by atoms with van der Waals surface area (Å²) in [5.41, 5.74) is 2.82. The van der Waals surface area contributed by atoms with Gasteiger partial charge in [-0.05, 0) is 37.1 Å². The van der Waals surface area contributed by atoms with E-state index in [0.717, 1.165) is 50.5 Å². The average molecular weight is 394 g/mol. The summed E-state index contributed by atoms with van der Waals surface area (Å²) in [6.45, 7) is 6.62. The first-order valence-electron chi connectivity index (χ1n) is 10.1. The third-order valence-electron chi connectivity index (χ3n) is 5.48. The zero-order chi connectivity index (χ0) is 20.2. The minimum atomic E-state index is -0.190. The van der Waals surface area contributed by atoms with E-state index < -0.39 is 0 Å². The third kappa shape index (κ3) is 4.31. The van der Waals surface area contributed by atoms with Crippen LogP contribution >= 0.6 is 0 Å². The minimum absolute atomic E-state index is 0.0627. The molecule has 0 aliphatic carbocycles. The second kappa shape index (κ2) is 8.71. The van der Waals surface area contributed by atoms with E-state index in [-0.39, 0.29) is 23.6 Å². The van der Waals surface area contributed by atoms with Gasteiger partial charge in [0.05, 0.1) is 13.2 Å². The van der Waals surface area contributed by atoms with Crippen LogP contribution in [0.4, 0.5) is 5.69 Å². The monoisotopic (exact) mass is 394 g/mol. The lowest BCUT2D eigenvalue weighted by Gasteiger charge is -2.26. The molecule has 7 nitrogen and oxygen atoms in total. The van der Waals surface area contributed by atoms with Gasteiger partial charge in [0.2, 0.25) is 0 Å². The van der Waals surface area contributed by atoms with E-state index in [1.54, 1.807) is 17.0 Å². The highest BCUT2D eigenvalue weighted by Crippen LogP contribution is 2.32. The molecule has 2 aliphatic heterocycles. The maximum absolute atomic E-state index is 13.1. The van der Waals surface area contributed by atoms with E-state index in [1.807, 2.05) is 31.2 Å². The van der Waals surface area contributed by atoms with Crippen LogP contribution in [0.3, 0.4) is 0 Å². The smallest absolute Gasteiger partial charge is 0.277 e. The van der Waals surface area contributed by atoms with Gasteiger partial charge in [-0.15, -0.1) is 0 Å². The fraction of sp³-hybridized carbons (Fsp3) is 0.409. The first-order chi connectivity index (χ1) is 14.1. The van der Waals surface area contributed by atoms with E-state index >= 15 is 0 Å². The first-order valence-corrected chi connectivity index (χ1v) is 10.1. The third-order valence-corrected chi connectivity index (χ3v) is 5.48. The number of rotatable bonds is 5. The van der Waals surface area contributed by atoms with Gasteiger partial charge in [-0.3, -0.25) is 19.5 Å². The summed E-state index contributed by atoms with van der Waals surface area (Å²) in [5, 5.41) is 2.93. The standard InChI is InChI=1S/C22H26N4O3/c1-16-14-17-4-2-3-5-20(17)26(16)22(28)19-15-18(6-7-23-19)21(27)24-8-9-25-10-12-29-13-11-25/h2-7,15-16H,8-14H2,1H3,(H,24,27). The normalized spacial score (nSPS) is 19.1. The highest BCUT2D eigenvalue weighted by molar-refractivity contribution is 6.07. The van der Waals surface area contributed by atoms with Gasteiger partial charge in [0, 0.05) is 49.7 Å². The lowest BCUT2D eigenvalue weighted by atomic mass is 10.1. The summed E-state index contributed by atoms with van der Waals surface area (Å²) in [4.78, 5) is 33.9. The Kier molecular flexibility index (Phi) is 5.87. The van der Waals surface area contributed by atoms with Crippen molar-refractivity contribution in [1.82, 2.24) is 15.2 Å². The number of para-hydroxylation sites is 1. The van der Waals surface area contributed by atoms with Gasteiger partial charge < -0.3 is 15.0 Å². The number of carbonyl (C=O) groups is 2. The maximum atomic E-state index is 13.1. The first kappa shape index (κ1) is 19.5. The molecule has 1 aromatic carbocycles. The van der Waals surface area contributed by atoms with Crippen LogP contribution in [0, 0.1) is 0 Å². The van der Waals surface area contributed by atoms with Crippen LogP contribution in [0.15, 0.2) is 42.6 Å². The molecule has 1 saturated heterocycles. The molecule has 0 spiro atoms. The van der Waals surface area contributed by atoms with E-state index in [4.69, 9.17) is 4.74 Å². The fourth-order valence-corrected chi connectivity index (χ4v) is 3.94. The number of nitrogens with one attached hydrogen (secondary N) is 1. The van der Waals surface area contributed by atoms with Crippen molar-refractivity contribution in [3.05, 3.63) is 59.4 Å². The molecule has 7 heteroatoms. The van der Waals surface area contributed by atoms with Crippen molar-refractivity contribution in [3.8, 4) is 0 Å². The molecule has 2 aliphatic rings. The zero-order valence-corrected chi connectivity index (χ0v) is 16.6. The molecule has 0 radical (unpaired) electrons. The van der Waals surface area contributed by atoms with Crippen molar-refractivity contribution in [2.24, 2.45) is 0 Å². The average Bonchev–Trinajstić information content (AvgIpc) is 3.09. The minimum Gasteiger partial charge on any atom is -0.379 e.